The van der Waals surface area contributed by atoms with Crippen LogP contribution in [0.25, 0.3) is 29.7 Å². The van der Waals surface area contributed by atoms with Gasteiger partial charge in [-0.2, -0.15) is 0 Å². The van der Waals surface area contributed by atoms with Gasteiger partial charge in [-0.25, -0.2) is 17.8 Å². The normalized spacial score (nSPS) is 12.1. The van der Waals surface area contributed by atoms with Gasteiger partial charge in [0.05, 0.1) is 21.2 Å². The molecule has 9 heteroatoms. The van der Waals surface area contributed by atoms with E-state index in [0.717, 1.165) is 18.1 Å². The van der Waals surface area contributed by atoms with Gasteiger partial charge in [-0.3, -0.25) is 14.7 Å². The average Bonchev–Trinajstić information content (AvgIpc) is 3.35. The van der Waals surface area contributed by atoms with Gasteiger partial charge in [0.25, 0.3) is 15.6 Å². The van der Waals surface area contributed by atoms with Crippen molar-refractivity contribution in [3.05, 3.63) is 92.4 Å². The number of hydrogen-bond acceptors (Lipinski definition) is 5. The van der Waals surface area contributed by atoms with E-state index >= 15 is 0 Å². The molecule has 34 heavy (non-hydrogen) atoms. The molecule has 174 valence electrons. The molecule has 8 nitrogen and oxygen atoms in total. The quantitative estimate of drug-likeness (QED) is 0.457. The molecule has 0 saturated heterocycles. The van der Waals surface area contributed by atoms with Crippen LogP contribution in [0.4, 0.5) is 0 Å². The summed E-state index contributed by atoms with van der Waals surface area (Å²) < 4.78 is 33.4. The molecular formula is C25H23N3O5S. The summed E-state index contributed by atoms with van der Waals surface area (Å²) in [6.45, 7) is 9.07. The van der Waals surface area contributed by atoms with E-state index in [4.69, 9.17) is 4.42 Å². The summed E-state index contributed by atoms with van der Waals surface area (Å²) in [5, 5.41) is 3.83. The molecule has 0 spiro atoms. The standard InChI is InChI=1S/C25H23N3O5S/c1-15-5-8-20(13-16(15)2)28-25(30)23(17(3)26-28)14-21-9-12-24(33-21)19-6-10-22(11-7-19)34(31,32)27-18(4)29/h5-14,26H,3H2,1-2,4H3,(H,27,29)/b23-14+. The number of aryl methyl sites for hydroxylation is 2. The average molecular weight is 478 g/mol. The number of aromatic nitrogens is 2. The number of carbonyl (C=O) groups is 1. The summed E-state index contributed by atoms with van der Waals surface area (Å²) in [7, 11) is -3.91. The molecule has 0 saturated carbocycles. The van der Waals surface area contributed by atoms with Crippen LogP contribution in [0.3, 0.4) is 0 Å². The summed E-state index contributed by atoms with van der Waals surface area (Å²) >= 11 is 0. The Morgan fingerprint density at radius 1 is 1.06 bits per heavy atom. The van der Waals surface area contributed by atoms with Crippen LogP contribution in [-0.2, 0) is 14.8 Å². The highest BCUT2D eigenvalue weighted by Gasteiger charge is 2.16. The molecule has 2 aromatic carbocycles. The van der Waals surface area contributed by atoms with Crippen LogP contribution in [-0.4, -0.2) is 24.1 Å². The second-order valence-corrected chi connectivity index (χ2v) is 9.63. The Hall–Kier alpha value is -4.11. The highest BCUT2D eigenvalue weighted by Crippen LogP contribution is 2.24. The minimum absolute atomic E-state index is 0.0364. The third-order valence-corrected chi connectivity index (χ3v) is 6.84. The third kappa shape index (κ3) is 4.51. The SMILES string of the molecule is C=c1[nH]n(-c2ccc(C)c(C)c2)c(=O)/c1=C/c1ccc(-c2ccc(S(=O)(=O)NC(C)=O)cc2)o1. The third-order valence-electron chi connectivity index (χ3n) is 5.39. The van der Waals surface area contributed by atoms with Crippen LogP contribution in [0.5, 0.6) is 0 Å². The zero-order chi connectivity index (χ0) is 24.6. The van der Waals surface area contributed by atoms with E-state index in [9.17, 15) is 18.0 Å². The van der Waals surface area contributed by atoms with Gasteiger partial charge in [-0.15, -0.1) is 0 Å². The van der Waals surface area contributed by atoms with Crippen molar-refractivity contribution >= 4 is 28.6 Å². The van der Waals surface area contributed by atoms with Crippen molar-refractivity contribution in [2.45, 2.75) is 25.7 Å². The molecule has 0 unspecified atom stereocenters. The van der Waals surface area contributed by atoms with Gasteiger partial charge in [0.15, 0.2) is 0 Å². The van der Waals surface area contributed by atoms with Crippen LogP contribution in [0.15, 0.2) is 68.7 Å². The first-order chi connectivity index (χ1) is 16.0. The number of hydrogen-bond donors (Lipinski definition) is 2. The number of carbonyl (C=O) groups excluding carboxylic acids is 1. The number of H-pyrrole nitrogens is 1. The molecule has 2 aromatic heterocycles. The fourth-order valence-corrected chi connectivity index (χ4v) is 4.46. The number of rotatable bonds is 5. The van der Waals surface area contributed by atoms with Crippen molar-refractivity contribution in [1.82, 2.24) is 14.5 Å². The van der Waals surface area contributed by atoms with Crippen molar-refractivity contribution in [3.8, 4) is 17.0 Å². The molecule has 0 aliphatic carbocycles. The lowest BCUT2D eigenvalue weighted by Crippen LogP contribution is -2.33. The molecule has 2 heterocycles. The lowest BCUT2D eigenvalue weighted by atomic mass is 10.1. The number of benzene rings is 2. The maximum atomic E-state index is 13.0. The Balaban J connectivity index is 1.66. The van der Waals surface area contributed by atoms with Crippen LogP contribution in [0, 0.1) is 13.8 Å². The minimum Gasteiger partial charge on any atom is -0.457 e. The number of furan rings is 1. The lowest BCUT2D eigenvalue weighted by molar-refractivity contribution is -0.117. The van der Waals surface area contributed by atoms with Crippen molar-refractivity contribution in [3.63, 3.8) is 0 Å². The van der Waals surface area contributed by atoms with Gasteiger partial charge < -0.3 is 4.42 Å². The van der Waals surface area contributed by atoms with Crippen LogP contribution >= 0.6 is 0 Å². The van der Waals surface area contributed by atoms with Crippen molar-refractivity contribution in [2.75, 3.05) is 0 Å². The first-order valence-electron chi connectivity index (χ1n) is 10.4. The van der Waals surface area contributed by atoms with Crippen LogP contribution < -0.4 is 20.8 Å². The number of sulfonamides is 1. The van der Waals surface area contributed by atoms with Crippen molar-refractivity contribution in [2.24, 2.45) is 0 Å². The Bertz CT molecular complexity index is 1670. The first-order valence-corrected chi connectivity index (χ1v) is 11.9. The molecule has 0 fully saturated rings. The van der Waals surface area contributed by atoms with Crippen molar-refractivity contribution < 1.29 is 17.6 Å². The van der Waals surface area contributed by atoms with Crippen molar-refractivity contribution in [1.29, 1.82) is 0 Å². The van der Waals surface area contributed by atoms with Gasteiger partial charge in [0.2, 0.25) is 5.91 Å². The predicted molar refractivity (Wildman–Crippen MR) is 129 cm³/mol. The first kappa shape index (κ1) is 23.1. The summed E-state index contributed by atoms with van der Waals surface area (Å²) in [6, 6.07) is 15.1. The zero-order valence-electron chi connectivity index (χ0n) is 18.9. The monoisotopic (exact) mass is 477 g/mol. The molecular weight excluding hydrogens is 454 g/mol. The summed E-state index contributed by atoms with van der Waals surface area (Å²) in [5.41, 5.74) is 3.30. The topological polar surface area (TPSA) is 114 Å². The number of amides is 1. The van der Waals surface area contributed by atoms with Gasteiger partial charge in [-0.1, -0.05) is 12.6 Å². The fraction of sp³-hybridized carbons (Fsp3) is 0.120. The van der Waals surface area contributed by atoms with E-state index in [1.807, 2.05) is 36.8 Å². The van der Waals surface area contributed by atoms with E-state index in [0.29, 0.717) is 33.3 Å². The number of nitrogens with one attached hydrogen (secondary N) is 2. The van der Waals surface area contributed by atoms with Gasteiger partial charge in [0.1, 0.15) is 11.5 Å². The summed E-state index contributed by atoms with van der Waals surface area (Å²) in [5.74, 6) is 0.268. The second-order valence-electron chi connectivity index (χ2n) is 7.95. The van der Waals surface area contributed by atoms with E-state index < -0.39 is 15.9 Å². The molecule has 0 aliphatic heterocycles. The number of nitrogens with zero attached hydrogens (tertiary/aromatic N) is 1. The Kier molecular flexibility index (Phi) is 5.89. The number of aromatic amines is 1. The summed E-state index contributed by atoms with van der Waals surface area (Å²) in [4.78, 5) is 24.1. The largest absolute Gasteiger partial charge is 0.457 e. The Morgan fingerprint density at radius 2 is 1.76 bits per heavy atom. The van der Waals surface area contributed by atoms with Gasteiger partial charge in [0, 0.05) is 12.5 Å². The Labute approximate surface area is 195 Å². The van der Waals surface area contributed by atoms with Gasteiger partial charge in [-0.05, 0) is 79.6 Å². The highest BCUT2D eigenvalue weighted by atomic mass is 32.2. The van der Waals surface area contributed by atoms with E-state index in [2.05, 4.69) is 11.7 Å². The lowest BCUT2D eigenvalue weighted by Gasteiger charge is -2.05. The van der Waals surface area contributed by atoms with Crippen LogP contribution in [0.1, 0.15) is 23.8 Å². The predicted octanol–water partition coefficient (Wildman–Crippen LogP) is 2.11. The molecule has 0 bridgehead atoms. The molecule has 4 rings (SSSR count). The molecule has 1 amide bonds. The smallest absolute Gasteiger partial charge is 0.279 e. The second kappa shape index (κ2) is 8.68. The fourth-order valence-electron chi connectivity index (χ4n) is 3.47. The molecule has 2 N–H and O–H groups in total. The molecule has 0 atom stereocenters. The Morgan fingerprint density at radius 3 is 2.41 bits per heavy atom. The van der Waals surface area contributed by atoms with E-state index in [-0.39, 0.29) is 10.5 Å². The highest BCUT2D eigenvalue weighted by molar-refractivity contribution is 7.90. The maximum absolute atomic E-state index is 13.0. The van der Waals surface area contributed by atoms with Crippen LogP contribution in [0.2, 0.25) is 0 Å². The minimum atomic E-state index is -3.91. The van der Waals surface area contributed by atoms with E-state index in [1.165, 1.54) is 16.8 Å². The molecule has 0 radical (unpaired) electrons. The summed E-state index contributed by atoms with van der Waals surface area (Å²) in [6.07, 6.45) is 1.61. The zero-order valence-corrected chi connectivity index (χ0v) is 19.7. The molecule has 4 aromatic rings. The maximum Gasteiger partial charge on any atom is 0.279 e. The molecule has 0 aliphatic rings. The van der Waals surface area contributed by atoms with E-state index in [1.54, 1.807) is 30.3 Å². The van der Waals surface area contributed by atoms with Gasteiger partial charge >= 0.3 is 0 Å².